The average Bonchev–Trinajstić information content (AvgIpc) is 1.98. The highest BCUT2D eigenvalue weighted by Gasteiger charge is 1.98. The van der Waals surface area contributed by atoms with E-state index in [-0.39, 0.29) is 0 Å². The summed E-state index contributed by atoms with van der Waals surface area (Å²) in [5, 5.41) is 4.37. The van der Waals surface area contributed by atoms with Crippen LogP contribution in [0, 0.1) is 0 Å². The van der Waals surface area contributed by atoms with Crippen LogP contribution in [-0.4, -0.2) is 5.45 Å². The molecule has 1 nitrogen and oxygen atoms in total. The van der Waals surface area contributed by atoms with Gasteiger partial charge in [0.05, 0.1) is 16.2 Å². The molecule has 0 aromatic heterocycles. The minimum atomic E-state index is 0.660. The molecule has 11 heavy (non-hydrogen) atoms. The Labute approximate surface area is 83.8 Å². The Kier molecular flexibility index (Phi) is 3.49. The Morgan fingerprint density at radius 1 is 1.36 bits per heavy atom. The molecule has 0 amide bonds. The third kappa shape index (κ3) is 2.55. The molecule has 0 aliphatic rings. The van der Waals surface area contributed by atoms with Crippen molar-refractivity contribution in [2.75, 3.05) is 10.8 Å². The molecule has 0 atom stereocenters. The van der Waals surface area contributed by atoms with Crippen LogP contribution in [0.4, 0.5) is 5.69 Å². The zero-order chi connectivity index (χ0) is 8.27. The van der Waals surface area contributed by atoms with Crippen molar-refractivity contribution < 1.29 is 0 Å². The van der Waals surface area contributed by atoms with Gasteiger partial charge < -0.3 is 5.32 Å². The Balaban J connectivity index is 2.93. The fraction of sp³-hybridized carbons (Fsp3) is 0.143. The van der Waals surface area contributed by atoms with E-state index in [0.29, 0.717) is 15.5 Å². The first-order valence-electron chi connectivity index (χ1n) is 2.99. The highest BCUT2D eigenvalue weighted by atomic mass is 79.9. The van der Waals surface area contributed by atoms with Crippen LogP contribution in [0.2, 0.25) is 10.0 Å². The van der Waals surface area contributed by atoms with E-state index >= 15 is 0 Å². The van der Waals surface area contributed by atoms with Gasteiger partial charge in [-0.3, -0.25) is 0 Å². The van der Waals surface area contributed by atoms with E-state index in [0.717, 1.165) is 5.69 Å². The number of benzene rings is 1. The van der Waals surface area contributed by atoms with E-state index < -0.39 is 0 Å². The molecule has 1 aromatic rings. The van der Waals surface area contributed by atoms with Gasteiger partial charge in [0.2, 0.25) is 0 Å². The molecule has 60 valence electrons. The second-order valence-electron chi connectivity index (χ2n) is 1.93. The first kappa shape index (κ1) is 9.17. The van der Waals surface area contributed by atoms with Crippen molar-refractivity contribution in [1.82, 2.24) is 0 Å². The van der Waals surface area contributed by atoms with Crippen LogP contribution in [0.5, 0.6) is 0 Å². The van der Waals surface area contributed by atoms with Gasteiger partial charge >= 0.3 is 0 Å². The highest BCUT2D eigenvalue weighted by Crippen LogP contribution is 2.25. The summed E-state index contributed by atoms with van der Waals surface area (Å²) in [6.07, 6.45) is 0. The Hall–Kier alpha value is 0.0800. The summed E-state index contributed by atoms with van der Waals surface area (Å²) in [7, 11) is 0. The molecule has 0 radical (unpaired) electrons. The molecule has 0 saturated carbocycles. The van der Waals surface area contributed by atoms with Crippen molar-refractivity contribution in [3.8, 4) is 0 Å². The molecule has 1 aromatic carbocycles. The maximum absolute atomic E-state index is 5.83. The Bertz CT molecular complexity index is 252. The summed E-state index contributed by atoms with van der Waals surface area (Å²) in [4.78, 5) is 0. The Morgan fingerprint density at radius 2 is 2.09 bits per heavy atom. The van der Waals surface area contributed by atoms with E-state index in [1.54, 1.807) is 18.2 Å². The number of nitrogens with one attached hydrogen (secondary N) is 1. The fourth-order valence-corrected chi connectivity index (χ4v) is 1.36. The lowest BCUT2D eigenvalue weighted by molar-refractivity contribution is 1.48. The largest absolute Gasteiger partial charge is 0.374 e. The van der Waals surface area contributed by atoms with Crippen LogP contribution in [0.15, 0.2) is 18.2 Å². The summed E-state index contributed by atoms with van der Waals surface area (Å²) in [5.74, 6) is 0. The van der Waals surface area contributed by atoms with Gasteiger partial charge in [0, 0.05) is 5.02 Å². The number of hydrogen-bond donors (Lipinski definition) is 1. The van der Waals surface area contributed by atoms with E-state index in [2.05, 4.69) is 21.2 Å². The van der Waals surface area contributed by atoms with Crippen LogP contribution in [0.3, 0.4) is 0 Å². The van der Waals surface area contributed by atoms with Gasteiger partial charge in [-0.1, -0.05) is 39.1 Å². The second-order valence-corrected chi connectivity index (χ2v) is 3.34. The quantitative estimate of drug-likeness (QED) is 0.626. The number of hydrogen-bond acceptors (Lipinski definition) is 1. The van der Waals surface area contributed by atoms with Crippen molar-refractivity contribution in [3.05, 3.63) is 28.2 Å². The van der Waals surface area contributed by atoms with Crippen molar-refractivity contribution in [2.24, 2.45) is 0 Å². The van der Waals surface area contributed by atoms with Crippen molar-refractivity contribution >= 4 is 44.8 Å². The number of rotatable bonds is 2. The topological polar surface area (TPSA) is 12.0 Å². The summed E-state index contributed by atoms with van der Waals surface area (Å²) in [6.45, 7) is 0. The van der Waals surface area contributed by atoms with E-state index in [1.165, 1.54) is 0 Å². The lowest BCUT2D eigenvalue weighted by Crippen LogP contribution is -1.93. The van der Waals surface area contributed by atoms with E-state index in [1.807, 2.05) is 0 Å². The van der Waals surface area contributed by atoms with Gasteiger partial charge in [-0.15, -0.1) is 0 Å². The third-order valence-corrected chi connectivity index (χ3v) is 2.03. The zero-order valence-corrected chi connectivity index (χ0v) is 8.67. The van der Waals surface area contributed by atoms with Crippen LogP contribution < -0.4 is 5.32 Å². The van der Waals surface area contributed by atoms with Crippen molar-refractivity contribution in [2.45, 2.75) is 0 Å². The minimum Gasteiger partial charge on any atom is -0.374 e. The molecule has 0 aliphatic carbocycles. The first-order chi connectivity index (χ1) is 5.24. The molecule has 4 heteroatoms. The van der Waals surface area contributed by atoms with E-state index in [4.69, 9.17) is 23.2 Å². The Morgan fingerprint density at radius 3 is 2.73 bits per heavy atom. The predicted molar refractivity (Wildman–Crippen MR) is 53.9 cm³/mol. The van der Waals surface area contributed by atoms with Gasteiger partial charge in [0.1, 0.15) is 0 Å². The smallest absolute Gasteiger partial charge is 0.0707 e. The first-order valence-corrected chi connectivity index (χ1v) is 4.86. The summed E-state index contributed by atoms with van der Waals surface area (Å²) < 4.78 is 0. The molecular formula is C7H6BrCl2N. The fourth-order valence-electron chi connectivity index (χ4n) is 0.705. The monoisotopic (exact) mass is 253 g/mol. The van der Waals surface area contributed by atoms with Crippen LogP contribution in [-0.2, 0) is 0 Å². The molecule has 0 spiro atoms. The van der Waals surface area contributed by atoms with Crippen LogP contribution in [0.1, 0.15) is 0 Å². The van der Waals surface area contributed by atoms with Gasteiger partial charge in [-0.25, -0.2) is 0 Å². The lowest BCUT2D eigenvalue weighted by atomic mass is 10.3. The molecule has 0 fully saturated rings. The van der Waals surface area contributed by atoms with Crippen molar-refractivity contribution in [3.63, 3.8) is 0 Å². The number of halogens is 3. The molecule has 0 heterocycles. The van der Waals surface area contributed by atoms with Crippen LogP contribution in [0.25, 0.3) is 0 Å². The molecule has 0 saturated heterocycles. The molecule has 1 N–H and O–H groups in total. The van der Waals surface area contributed by atoms with Gasteiger partial charge in [0.25, 0.3) is 0 Å². The van der Waals surface area contributed by atoms with Crippen molar-refractivity contribution in [1.29, 1.82) is 0 Å². The summed E-state index contributed by atoms with van der Waals surface area (Å²) >= 11 is 14.8. The molecule has 1 rings (SSSR count). The maximum Gasteiger partial charge on any atom is 0.0707 e. The summed E-state index contributed by atoms with van der Waals surface area (Å²) in [5.41, 5.74) is 1.50. The molecular weight excluding hydrogens is 249 g/mol. The van der Waals surface area contributed by atoms with Crippen LogP contribution >= 0.6 is 39.1 Å². The predicted octanol–water partition coefficient (Wildman–Crippen LogP) is 3.76. The third-order valence-electron chi connectivity index (χ3n) is 1.19. The van der Waals surface area contributed by atoms with Gasteiger partial charge in [0.15, 0.2) is 0 Å². The molecule has 0 aliphatic heterocycles. The van der Waals surface area contributed by atoms with Gasteiger partial charge in [-0.05, 0) is 18.2 Å². The SMILES string of the molecule is Clc1ccc(Cl)c(NCBr)c1. The standard InChI is InChI=1S/C7H6BrCl2N/c8-4-11-7-3-5(9)1-2-6(7)10/h1-3,11H,4H2. The highest BCUT2D eigenvalue weighted by molar-refractivity contribution is 9.09. The normalized spacial score (nSPS) is 9.73. The average molecular weight is 255 g/mol. The van der Waals surface area contributed by atoms with Gasteiger partial charge in [-0.2, -0.15) is 0 Å². The zero-order valence-electron chi connectivity index (χ0n) is 5.57. The second kappa shape index (κ2) is 4.19. The lowest BCUT2D eigenvalue weighted by Gasteiger charge is -2.04. The maximum atomic E-state index is 5.83. The number of alkyl halides is 1. The van der Waals surface area contributed by atoms with E-state index in [9.17, 15) is 0 Å². The molecule has 0 bridgehead atoms. The minimum absolute atomic E-state index is 0.660. The number of anilines is 1. The summed E-state index contributed by atoms with van der Waals surface area (Å²) in [6, 6.07) is 5.29. The molecule has 0 unspecified atom stereocenters.